The standard InChI is InChI=1S/C15H19N3S/c16-9-10-3-6-13-12(8-10)17-15(14-2-1-7-19-14)18(13)11-4-5-11/h3,6,8,11,14H,1-2,4-5,7,9,16H2. The molecule has 1 unspecified atom stereocenters. The average Bonchev–Trinajstić information content (AvgIpc) is 3.01. The van der Waals surface area contributed by atoms with E-state index in [0.29, 0.717) is 17.8 Å². The SMILES string of the molecule is NCc1ccc2c(c1)nc(C1CCCS1)n2C1CC1. The fourth-order valence-corrected chi connectivity index (χ4v) is 4.28. The largest absolute Gasteiger partial charge is 0.326 e. The molecule has 2 aliphatic rings. The van der Waals surface area contributed by atoms with Crippen molar-refractivity contribution in [2.45, 2.75) is 43.5 Å². The highest BCUT2D eigenvalue weighted by Gasteiger charge is 2.32. The Kier molecular flexibility index (Phi) is 2.81. The summed E-state index contributed by atoms with van der Waals surface area (Å²) in [7, 11) is 0. The van der Waals surface area contributed by atoms with Crippen LogP contribution in [0, 0.1) is 0 Å². The zero-order valence-corrected chi connectivity index (χ0v) is 11.8. The average molecular weight is 273 g/mol. The maximum Gasteiger partial charge on any atom is 0.123 e. The molecule has 1 aromatic carbocycles. The predicted octanol–water partition coefficient (Wildman–Crippen LogP) is 3.40. The van der Waals surface area contributed by atoms with Gasteiger partial charge in [0.25, 0.3) is 0 Å². The highest BCUT2D eigenvalue weighted by molar-refractivity contribution is 7.99. The van der Waals surface area contributed by atoms with Crippen molar-refractivity contribution in [3.63, 3.8) is 0 Å². The molecule has 1 saturated carbocycles. The van der Waals surface area contributed by atoms with E-state index in [1.165, 1.54) is 48.3 Å². The first-order chi connectivity index (χ1) is 9.36. The first-order valence-electron chi connectivity index (χ1n) is 7.19. The molecule has 1 atom stereocenters. The van der Waals surface area contributed by atoms with Gasteiger partial charge in [-0.15, -0.1) is 0 Å². The molecule has 2 heterocycles. The number of nitrogens with zero attached hydrogens (tertiary/aromatic N) is 2. The van der Waals surface area contributed by atoms with Crippen LogP contribution in [0.5, 0.6) is 0 Å². The zero-order chi connectivity index (χ0) is 12.8. The van der Waals surface area contributed by atoms with Crippen LogP contribution < -0.4 is 5.73 Å². The van der Waals surface area contributed by atoms with E-state index in [1.54, 1.807) is 0 Å². The Balaban J connectivity index is 1.88. The number of imidazole rings is 1. The lowest BCUT2D eigenvalue weighted by atomic mass is 10.2. The van der Waals surface area contributed by atoms with E-state index < -0.39 is 0 Å². The number of hydrogen-bond donors (Lipinski definition) is 1. The first-order valence-corrected chi connectivity index (χ1v) is 8.24. The van der Waals surface area contributed by atoms with Crippen LogP contribution in [0.25, 0.3) is 11.0 Å². The molecular weight excluding hydrogens is 254 g/mol. The highest BCUT2D eigenvalue weighted by Crippen LogP contribution is 2.45. The first kappa shape index (κ1) is 11.8. The molecule has 2 N–H and O–H groups in total. The van der Waals surface area contributed by atoms with E-state index in [1.807, 2.05) is 0 Å². The van der Waals surface area contributed by atoms with E-state index in [2.05, 4.69) is 34.5 Å². The van der Waals surface area contributed by atoms with Crippen molar-refractivity contribution in [3.05, 3.63) is 29.6 Å². The molecule has 4 rings (SSSR count). The topological polar surface area (TPSA) is 43.8 Å². The Morgan fingerprint density at radius 3 is 2.89 bits per heavy atom. The molecular formula is C15H19N3S. The van der Waals surface area contributed by atoms with Gasteiger partial charge in [0.05, 0.1) is 16.3 Å². The molecule has 1 aliphatic heterocycles. The summed E-state index contributed by atoms with van der Waals surface area (Å²) in [6.45, 7) is 0.597. The minimum atomic E-state index is 0.597. The molecule has 1 aliphatic carbocycles. The van der Waals surface area contributed by atoms with Crippen molar-refractivity contribution in [2.24, 2.45) is 5.73 Å². The lowest BCUT2D eigenvalue weighted by molar-refractivity contribution is 0.671. The summed E-state index contributed by atoms with van der Waals surface area (Å²) in [5, 5.41) is 0.606. The summed E-state index contributed by atoms with van der Waals surface area (Å²) in [4.78, 5) is 4.95. The fourth-order valence-electron chi connectivity index (χ4n) is 3.01. The van der Waals surface area contributed by atoms with Gasteiger partial charge in [-0.25, -0.2) is 4.98 Å². The number of aromatic nitrogens is 2. The molecule has 0 radical (unpaired) electrons. The van der Waals surface area contributed by atoms with E-state index in [4.69, 9.17) is 10.7 Å². The van der Waals surface area contributed by atoms with Crippen LogP contribution in [0.3, 0.4) is 0 Å². The van der Waals surface area contributed by atoms with Gasteiger partial charge < -0.3 is 10.3 Å². The number of rotatable bonds is 3. The van der Waals surface area contributed by atoms with Crippen molar-refractivity contribution in [1.82, 2.24) is 9.55 Å². The molecule has 2 fully saturated rings. The summed E-state index contributed by atoms with van der Waals surface area (Å²) in [6.07, 6.45) is 5.24. The number of benzene rings is 1. The van der Waals surface area contributed by atoms with Crippen molar-refractivity contribution < 1.29 is 0 Å². The molecule has 0 spiro atoms. The van der Waals surface area contributed by atoms with Gasteiger partial charge in [0.2, 0.25) is 0 Å². The lowest BCUT2D eigenvalue weighted by Gasteiger charge is -2.12. The summed E-state index contributed by atoms with van der Waals surface area (Å²) >= 11 is 2.07. The van der Waals surface area contributed by atoms with Crippen LogP contribution in [0.1, 0.15) is 48.4 Å². The smallest absolute Gasteiger partial charge is 0.123 e. The highest BCUT2D eigenvalue weighted by atomic mass is 32.2. The molecule has 0 amide bonds. The molecule has 19 heavy (non-hydrogen) atoms. The zero-order valence-electron chi connectivity index (χ0n) is 11.0. The minimum absolute atomic E-state index is 0.597. The second-order valence-electron chi connectivity index (χ2n) is 5.60. The minimum Gasteiger partial charge on any atom is -0.326 e. The van der Waals surface area contributed by atoms with E-state index >= 15 is 0 Å². The Labute approximate surface area is 117 Å². The van der Waals surface area contributed by atoms with Gasteiger partial charge in [0, 0.05) is 12.6 Å². The quantitative estimate of drug-likeness (QED) is 0.932. The van der Waals surface area contributed by atoms with Crippen LogP contribution >= 0.6 is 11.8 Å². The molecule has 1 saturated heterocycles. The summed E-state index contributed by atoms with van der Waals surface area (Å²) in [5.74, 6) is 2.60. The maximum absolute atomic E-state index is 5.74. The Bertz CT molecular complexity index is 609. The maximum atomic E-state index is 5.74. The van der Waals surface area contributed by atoms with Crippen molar-refractivity contribution in [2.75, 3.05) is 5.75 Å². The Morgan fingerprint density at radius 1 is 1.32 bits per heavy atom. The molecule has 0 bridgehead atoms. The second-order valence-corrected chi connectivity index (χ2v) is 6.91. The number of nitrogens with two attached hydrogens (primary N) is 1. The van der Waals surface area contributed by atoms with Gasteiger partial charge in [-0.1, -0.05) is 6.07 Å². The fraction of sp³-hybridized carbons (Fsp3) is 0.533. The molecule has 100 valence electrons. The summed E-state index contributed by atoms with van der Waals surface area (Å²) in [5.41, 5.74) is 9.36. The lowest BCUT2D eigenvalue weighted by Crippen LogP contribution is -2.03. The van der Waals surface area contributed by atoms with Crippen LogP contribution in [0.4, 0.5) is 0 Å². The normalized spacial score (nSPS) is 23.3. The van der Waals surface area contributed by atoms with E-state index in [9.17, 15) is 0 Å². The van der Waals surface area contributed by atoms with Crippen LogP contribution in [-0.2, 0) is 6.54 Å². The van der Waals surface area contributed by atoms with Crippen molar-refractivity contribution >= 4 is 22.8 Å². The summed E-state index contributed by atoms with van der Waals surface area (Å²) in [6, 6.07) is 7.22. The van der Waals surface area contributed by atoms with Crippen LogP contribution in [0.15, 0.2) is 18.2 Å². The molecule has 1 aromatic heterocycles. The Hall–Kier alpha value is -1.00. The van der Waals surface area contributed by atoms with E-state index in [-0.39, 0.29) is 0 Å². The van der Waals surface area contributed by atoms with Gasteiger partial charge in [-0.05, 0) is 49.1 Å². The van der Waals surface area contributed by atoms with Crippen LogP contribution in [-0.4, -0.2) is 15.3 Å². The second kappa shape index (κ2) is 4.53. The van der Waals surface area contributed by atoms with Crippen molar-refractivity contribution in [1.29, 1.82) is 0 Å². The third-order valence-electron chi connectivity index (χ3n) is 4.15. The predicted molar refractivity (Wildman–Crippen MR) is 80.3 cm³/mol. The molecule has 4 heteroatoms. The van der Waals surface area contributed by atoms with Crippen molar-refractivity contribution in [3.8, 4) is 0 Å². The third kappa shape index (κ3) is 1.98. The number of thioether (sulfide) groups is 1. The Morgan fingerprint density at radius 2 is 2.21 bits per heavy atom. The van der Waals surface area contributed by atoms with Crippen LogP contribution in [0.2, 0.25) is 0 Å². The number of fused-ring (bicyclic) bond motifs is 1. The van der Waals surface area contributed by atoms with Gasteiger partial charge in [0.1, 0.15) is 5.82 Å². The number of hydrogen-bond acceptors (Lipinski definition) is 3. The van der Waals surface area contributed by atoms with Gasteiger partial charge in [-0.3, -0.25) is 0 Å². The third-order valence-corrected chi connectivity index (χ3v) is 5.52. The van der Waals surface area contributed by atoms with Gasteiger partial charge >= 0.3 is 0 Å². The monoisotopic (exact) mass is 273 g/mol. The van der Waals surface area contributed by atoms with E-state index in [0.717, 1.165) is 5.52 Å². The van der Waals surface area contributed by atoms with Gasteiger partial charge in [-0.2, -0.15) is 11.8 Å². The van der Waals surface area contributed by atoms with Gasteiger partial charge in [0.15, 0.2) is 0 Å². The molecule has 3 nitrogen and oxygen atoms in total. The molecule has 2 aromatic rings. The summed E-state index contributed by atoms with van der Waals surface area (Å²) < 4.78 is 2.51.